The second kappa shape index (κ2) is 6.66. The molecule has 19 heavy (non-hydrogen) atoms. The second-order valence-electron chi connectivity index (χ2n) is 6.38. The molecule has 0 radical (unpaired) electrons. The molecule has 0 fully saturated rings. The van der Waals surface area contributed by atoms with Crippen molar-refractivity contribution >= 4 is 11.7 Å². The number of carbonyl (C=O) groups is 1. The maximum Gasteiger partial charge on any atom is 0.225 e. The Morgan fingerprint density at radius 1 is 1.42 bits per heavy atom. The van der Waals surface area contributed by atoms with Crippen LogP contribution in [-0.4, -0.2) is 10.9 Å². The van der Waals surface area contributed by atoms with Gasteiger partial charge in [-0.3, -0.25) is 4.79 Å². The van der Waals surface area contributed by atoms with Gasteiger partial charge in [-0.1, -0.05) is 33.8 Å². The maximum atomic E-state index is 11.9. The van der Waals surface area contributed by atoms with E-state index in [1.807, 2.05) is 6.07 Å². The zero-order valence-electron chi connectivity index (χ0n) is 12.4. The van der Waals surface area contributed by atoms with Crippen LogP contribution in [0.5, 0.6) is 0 Å². The van der Waals surface area contributed by atoms with Gasteiger partial charge in [0.05, 0.1) is 0 Å². The van der Waals surface area contributed by atoms with E-state index in [0.29, 0.717) is 24.7 Å². The number of nitrogens with one attached hydrogen (secondary N) is 1. The van der Waals surface area contributed by atoms with E-state index in [4.69, 9.17) is 5.73 Å². The fourth-order valence-corrected chi connectivity index (χ4v) is 2.25. The Kier molecular flexibility index (Phi) is 5.48. The highest BCUT2D eigenvalue weighted by Crippen LogP contribution is 2.26. The van der Waals surface area contributed by atoms with Crippen molar-refractivity contribution in [3.05, 3.63) is 23.9 Å². The molecule has 0 aliphatic carbocycles. The summed E-state index contributed by atoms with van der Waals surface area (Å²) in [7, 11) is 0. The summed E-state index contributed by atoms with van der Waals surface area (Å²) in [5.41, 5.74) is 6.71. The lowest BCUT2D eigenvalue weighted by molar-refractivity contribution is -0.117. The third kappa shape index (κ3) is 6.34. The summed E-state index contributed by atoms with van der Waals surface area (Å²) < 4.78 is 0. The van der Waals surface area contributed by atoms with E-state index in [-0.39, 0.29) is 11.3 Å². The van der Waals surface area contributed by atoms with Gasteiger partial charge in [0.2, 0.25) is 5.91 Å². The normalized spacial score (nSPS) is 13.1. The number of carbonyl (C=O) groups excluding carboxylic acids is 1. The van der Waals surface area contributed by atoms with Crippen LogP contribution in [0.25, 0.3) is 0 Å². The summed E-state index contributed by atoms with van der Waals surface area (Å²) in [4.78, 5) is 16.0. The molecule has 0 aliphatic rings. The van der Waals surface area contributed by atoms with Crippen LogP contribution in [0.1, 0.15) is 46.1 Å². The van der Waals surface area contributed by atoms with Crippen molar-refractivity contribution in [1.29, 1.82) is 0 Å². The summed E-state index contributed by atoms with van der Waals surface area (Å²) in [6.07, 6.45) is 3.24. The Labute approximate surface area is 115 Å². The standard InChI is InChI=1S/C15H25N3O/c1-11(8-15(2,3)4)7-14(19)18-13-6-5-12(9-16)10-17-13/h5-6,10-11H,7-9,16H2,1-4H3,(H,17,18,19). The maximum absolute atomic E-state index is 11.9. The number of nitrogens with zero attached hydrogens (tertiary/aromatic N) is 1. The third-order valence-electron chi connectivity index (χ3n) is 2.82. The number of amides is 1. The zero-order valence-corrected chi connectivity index (χ0v) is 12.4. The Balaban J connectivity index is 2.46. The molecule has 0 aliphatic heterocycles. The number of pyridine rings is 1. The molecule has 0 saturated carbocycles. The molecule has 1 heterocycles. The molecule has 4 nitrogen and oxygen atoms in total. The summed E-state index contributed by atoms with van der Waals surface area (Å²) >= 11 is 0. The summed E-state index contributed by atoms with van der Waals surface area (Å²) in [5.74, 6) is 0.971. The zero-order chi connectivity index (χ0) is 14.5. The molecule has 0 saturated heterocycles. The largest absolute Gasteiger partial charge is 0.326 e. The molecule has 0 spiro atoms. The first-order valence-electron chi connectivity index (χ1n) is 6.75. The van der Waals surface area contributed by atoms with Gasteiger partial charge in [0.15, 0.2) is 0 Å². The molecular formula is C15H25N3O. The van der Waals surface area contributed by atoms with Gasteiger partial charge >= 0.3 is 0 Å². The lowest BCUT2D eigenvalue weighted by Crippen LogP contribution is -2.19. The number of hydrogen-bond donors (Lipinski definition) is 2. The van der Waals surface area contributed by atoms with Crippen molar-refractivity contribution in [2.45, 2.75) is 47.1 Å². The minimum Gasteiger partial charge on any atom is -0.326 e. The van der Waals surface area contributed by atoms with E-state index in [1.54, 1.807) is 12.3 Å². The summed E-state index contributed by atoms with van der Waals surface area (Å²) in [6, 6.07) is 3.66. The van der Waals surface area contributed by atoms with Gasteiger partial charge < -0.3 is 11.1 Å². The van der Waals surface area contributed by atoms with Gasteiger partial charge in [0.25, 0.3) is 0 Å². The number of anilines is 1. The van der Waals surface area contributed by atoms with E-state index >= 15 is 0 Å². The number of hydrogen-bond acceptors (Lipinski definition) is 3. The predicted octanol–water partition coefficient (Wildman–Crippen LogP) is 2.94. The van der Waals surface area contributed by atoms with E-state index in [0.717, 1.165) is 12.0 Å². The van der Waals surface area contributed by atoms with Crippen LogP contribution in [0.2, 0.25) is 0 Å². The van der Waals surface area contributed by atoms with Crippen LogP contribution < -0.4 is 11.1 Å². The number of aromatic nitrogens is 1. The molecule has 0 bridgehead atoms. The van der Waals surface area contributed by atoms with Crippen molar-refractivity contribution < 1.29 is 4.79 Å². The molecule has 3 N–H and O–H groups in total. The van der Waals surface area contributed by atoms with Gasteiger partial charge in [-0.05, 0) is 29.4 Å². The van der Waals surface area contributed by atoms with Crippen molar-refractivity contribution in [3.8, 4) is 0 Å². The quantitative estimate of drug-likeness (QED) is 0.858. The highest BCUT2D eigenvalue weighted by Gasteiger charge is 2.17. The predicted molar refractivity (Wildman–Crippen MR) is 78.6 cm³/mol. The second-order valence-corrected chi connectivity index (χ2v) is 6.38. The van der Waals surface area contributed by atoms with Gasteiger partial charge in [-0.2, -0.15) is 0 Å². The van der Waals surface area contributed by atoms with Gasteiger partial charge in [0, 0.05) is 19.2 Å². The molecule has 1 atom stereocenters. The van der Waals surface area contributed by atoms with Gasteiger partial charge in [0.1, 0.15) is 5.82 Å². The van der Waals surface area contributed by atoms with Crippen molar-refractivity contribution in [2.75, 3.05) is 5.32 Å². The molecule has 1 rings (SSSR count). The molecule has 4 heteroatoms. The van der Waals surface area contributed by atoms with Crippen molar-refractivity contribution in [1.82, 2.24) is 4.98 Å². The first kappa shape index (κ1) is 15.6. The first-order valence-corrected chi connectivity index (χ1v) is 6.75. The molecule has 1 aromatic heterocycles. The van der Waals surface area contributed by atoms with Crippen LogP contribution >= 0.6 is 0 Å². The first-order chi connectivity index (χ1) is 8.80. The Hall–Kier alpha value is -1.42. The van der Waals surface area contributed by atoms with E-state index in [9.17, 15) is 4.79 Å². The molecular weight excluding hydrogens is 238 g/mol. The molecule has 106 valence electrons. The molecule has 0 aromatic carbocycles. The third-order valence-corrected chi connectivity index (χ3v) is 2.82. The van der Waals surface area contributed by atoms with Crippen molar-refractivity contribution in [3.63, 3.8) is 0 Å². The molecule has 1 amide bonds. The van der Waals surface area contributed by atoms with E-state index in [2.05, 4.69) is 38.0 Å². The van der Waals surface area contributed by atoms with E-state index < -0.39 is 0 Å². The van der Waals surface area contributed by atoms with Crippen LogP contribution in [0.3, 0.4) is 0 Å². The fraction of sp³-hybridized carbons (Fsp3) is 0.600. The average molecular weight is 263 g/mol. The van der Waals surface area contributed by atoms with Crippen LogP contribution in [-0.2, 0) is 11.3 Å². The lowest BCUT2D eigenvalue weighted by atomic mass is 9.84. The van der Waals surface area contributed by atoms with Crippen molar-refractivity contribution in [2.24, 2.45) is 17.1 Å². The number of rotatable bonds is 5. The average Bonchev–Trinajstić information content (AvgIpc) is 2.27. The lowest BCUT2D eigenvalue weighted by Gasteiger charge is -2.22. The monoisotopic (exact) mass is 263 g/mol. The topological polar surface area (TPSA) is 68.0 Å². The summed E-state index contributed by atoms with van der Waals surface area (Å²) in [6.45, 7) is 9.14. The highest BCUT2D eigenvalue weighted by molar-refractivity contribution is 5.89. The Morgan fingerprint density at radius 3 is 2.58 bits per heavy atom. The van der Waals surface area contributed by atoms with E-state index in [1.165, 1.54) is 0 Å². The fourth-order valence-electron chi connectivity index (χ4n) is 2.25. The Bertz CT molecular complexity index is 406. The smallest absolute Gasteiger partial charge is 0.225 e. The van der Waals surface area contributed by atoms with Crippen LogP contribution in [0.15, 0.2) is 18.3 Å². The SMILES string of the molecule is CC(CC(=O)Nc1ccc(CN)cn1)CC(C)(C)C. The minimum atomic E-state index is 0.0183. The highest BCUT2D eigenvalue weighted by atomic mass is 16.1. The van der Waals surface area contributed by atoms with Gasteiger partial charge in [-0.15, -0.1) is 0 Å². The minimum absolute atomic E-state index is 0.0183. The molecule has 1 aromatic rings. The Morgan fingerprint density at radius 2 is 2.11 bits per heavy atom. The molecule has 1 unspecified atom stereocenters. The summed E-state index contributed by atoms with van der Waals surface area (Å²) in [5, 5.41) is 2.82. The van der Waals surface area contributed by atoms with Crippen LogP contribution in [0.4, 0.5) is 5.82 Å². The van der Waals surface area contributed by atoms with Crippen LogP contribution in [0, 0.1) is 11.3 Å². The number of nitrogens with two attached hydrogens (primary N) is 1. The van der Waals surface area contributed by atoms with Gasteiger partial charge in [-0.25, -0.2) is 4.98 Å².